The molecule has 4 rings (SSSR count). The maximum Gasteiger partial charge on any atom is 0.234 e. The second-order valence-electron chi connectivity index (χ2n) is 7.06. The molecule has 0 saturated heterocycles. The molecule has 0 atom stereocenters. The summed E-state index contributed by atoms with van der Waals surface area (Å²) in [6.45, 7) is 3.92. The Morgan fingerprint density at radius 1 is 1.21 bits per heavy atom. The molecule has 1 aromatic heterocycles. The van der Waals surface area contributed by atoms with Crippen molar-refractivity contribution < 1.29 is 4.79 Å². The third-order valence-electron chi connectivity index (χ3n) is 4.64. The van der Waals surface area contributed by atoms with Crippen LogP contribution in [-0.2, 0) is 4.79 Å². The number of hydrogen-bond acceptors (Lipinski definition) is 4. The Morgan fingerprint density at radius 3 is 2.64 bits per heavy atom. The van der Waals surface area contributed by atoms with Crippen LogP contribution in [0, 0.1) is 13.8 Å². The molecule has 5 nitrogen and oxygen atoms in total. The highest BCUT2D eigenvalue weighted by Crippen LogP contribution is 2.41. The Balaban J connectivity index is 1.50. The summed E-state index contributed by atoms with van der Waals surface area (Å²) in [5.74, 6) is 1.56. The minimum atomic E-state index is -0.116. The van der Waals surface area contributed by atoms with Gasteiger partial charge in [0.05, 0.1) is 16.5 Å². The number of rotatable bonds is 6. The minimum Gasteiger partial charge on any atom is -0.324 e. The van der Waals surface area contributed by atoms with Gasteiger partial charge in [-0.05, 0) is 56.0 Å². The summed E-state index contributed by atoms with van der Waals surface area (Å²) >= 11 is 7.68. The average Bonchev–Trinajstić information content (AvgIpc) is 3.43. The number of para-hydroxylation sites is 1. The molecule has 1 saturated carbocycles. The van der Waals surface area contributed by atoms with Crippen molar-refractivity contribution in [2.45, 2.75) is 37.8 Å². The highest BCUT2D eigenvalue weighted by Gasteiger charge is 2.31. The van der Waals surface area contributed by atoms with Gasteiger partial charge in [-0.3, -0.25) is 9.36 Å². The van der Waals surface area contributed by atoms with Crippen LogP contribution in [0.25, 0.3) is 5.69 Å². The van der Waals surface area contributed by atoms with Crippen LogP contribution in [0.15, 0.2) is 47.6 Å². The predicted molar refractivity (Wildman–Crippen MR) is 114 cm³/mol. The fraction of sp³-hybridized carbons (Fsp3) is 0.286. The van der Waals surface area contributed by atoms with Crippen molar-refractivity contribution in [2.24, 2.45) is 0 Å². The van der Waals surface area contributed by atoms with E-state index >= 15 is 0 Å². The number of halogens is 1. The highest BCUT2D eigenvalue weighted by atomic mass is 35.5. The lowest BCUT2D eigenvalue weighted by molar-refractivity contribution is -0.113. The van der Waals surface area contributed by atoms with Crippen LogP contribution < -0.4 is 5.32 Å². The van der Waals surface area contributed by atoms with Crippen molar-refractivity contribution in [3.8, 4) is 5.69 Å². The topological polar surface area (TPSA) is 59.8 Å². The number of anilines is 1. The first kappa shape index (κ1) is 19.0. The molecule has 1 N–H and O–H groups in total. The van der Waals surface area contributed by atoms with Gasteiger partial charge < -0.3 is 5.32 Å². The summed E-state index contributed by atoms with van der Waals surface area (Å²) < 4.78 is 2.07. The Bertz CT molecular complexity index is 991. The van der Waals surface area contributed by atoms with E-state index in [1.165, 1.54) is 11.8 Å². The summed E-state index contributed by atoms with van der Waals surface area (Å²) in [5.41, 5.74) is 3.71. The molecule has 144 valence electrons. The van der Waals surface area contributed by atoms with E-state index in [0.29, 0.717) is 16.6 Å². The van der Waals surface area contributed by atoms with Crippen LogP contribution in [0.4, 0.5) is 5.69 Å². The molecule has 7 heteroatoms. The molecule has 28 heavy (non-hydrogen) atoms. The molecule has 1 fully saturated rings. The fourth-order valence-corrected chi connectivity index (χ4v) is 4.31. The fourth-order valence-electron chi connectivity index (χ4n) is 3.18. The summed E-state index contributed by atoms with van der Waals surface area (Å²) in [6.07, 6.45) is 2.28. The van der Waals surface area contributed by atoms with Crippen molar-refractivity contribution in [1.29, 1.82) is 0 Å². The molecule has 0 spiro atoms. The summed E-state index contributed by atoms with van der Waals surface area (Å²) in [5, 5.41) is 13.0. The van der Waals surface area contributed by atoms with E-state index in [-0.39, 0.29) is 11.7 Å². The normalized spacial score (nSPS) is 13.5. The largest absolute Gasteiger partial charge is 0.324 e. The second kappa shape index (κ2) is 7.97. The summed E-state index contributed by atoms with van der Waals surface area (Å²) in [6, 6.07) is 13.9. The van der Waals surface area contributed by atoms with Gasteiger partial charge in [0.25, 0.3) is 0 Å². The molecule has 2 aromatic carbocycles. The van der Waals surface area contributed by atoms with E-state index in [9.17, 15) is 4.79 Å². The molecule has 0 unspecified atom stereocenters. The molecule has 1 aliphatic rings. The molecule has 1 amide bonds. The smallest absolute Gasteiger partial charge is 0.234 e. The van der Waals surface area contributed by atoms with E-state index in [1.54, 1.807) is 0 Å². The highest BCUT2D eigenvalue weighted by molar-refractivity contribution is 7.99. The van der Waals surface area contributed by atoms with E-state index < -0.39 is 0 Å². The molecule has 0 aliphatic heterocycles. The number of benzene rings is 2. The third-order valence-corrected chi connectivity index (χ3v) is 5.87. The number of nitrogens with one attached hydrogen (secondary N) is 1. The van der Waals surface area contributed by atoms with E-state index in [2.05, 4.69) is 20.1 Å². The number of nitrogens with zero attached hydrogens (tertiary/aromatic N) is 3. The van der Waals surface area contributed by atoms with Gasteiger partial charge in [0.15, 0.2) is 5.16 Å². The van der Waals surface area contributed by atoms with Crippen molar-refractivity contribution >= 4 is 35.0 Å². The SMILES string of the molecule is Cc1cc(C)c(NC(=O)CSc2nnc(C3CC3)n2-c2ccccc2)c(Cl)c1. The third kappa shape index (κ3) is 4.08. The molecule has 1 aliphatic carbocycles. The minimum absolute atomic E-state index is 0.116. The second-order valence-corrected chi connectivity index (χ2v) is 8.41. The molecule has 1 heterocycles. The number of carbonyl (C=O) groups excluding carboxylic acids is 1. The van der Waals surface area contributed by atoms with Gasteiger partial charge in [0.1, 0.15) is 5.82 Å². The zero-order valence-electron chi connectivity index (χ0n) is 15.8. The van der Waals surface area contributed by atoms with Crippen LogP contribution >= 0.6 is 23.4 Å². The number of hydrogen-bond donors (Lipinski definition) is 1. The lowest BCUT2D eigenvalue weighted by atomic mass is 10.1. The first-order chi connectivity index (χ1) is 13.5. The van der Waals surface area contributed by atoms with Crippen LogP contribution in [0.1, 0.15) is 35.7 Å². The maximum absolute atomic E-state index is 12.5. The number of aryl methyl sites for hydroxylation is 2. The maximum atomic E-state index is 12.5. The van der Waals surface area contributed by atoms with E-state index in [0.717, 1.165) is 40.6 Å². The van der Waals surface area contributed by atoms with Crippen molar-refractivity contribution in [3.05, 3.63) is 64.4 Å². The lowest BCUT2D eigenvalue weighted by Gasteiger charge is -2.12. The van der Waals surface area contributed by atoms with Gasteiger partial charge in [0, 0.05) is 11.6 Å². The quantitative estimate of drug-likeness (QED) is 0.569. The zero-order valence-corrected chi connectivity index (χ0v) is 17.3. The molecular formula is C21H21ClN4OS. The standard InChI is InChI=1S/C21H21ClN4OS/c1-13-10-14(2)19(17(22)11-13)23-18(27)12-28-21-25-24-20(15-8-9-15)26(21)16-6-4-3-5-7-16/h3-7,10-11,15H,8-9,12H2,1-2H3,(H,23,27). The Labute approximate surface area is 173 Å². The van der Waals surface area contributed by atoms with Crippen LogP contribution in [-0.4, -0.2) is 26.4 Å². The van der Waals surface area contributed by atoms with Gasteiger partial charge in [-0.15, -0.1) is 10.2 Å². The molecule has 0 bridgehead atoms. The predicted octanol–water partition coefficient (Wildman–Crippen LogP) is 5.15. The molecule has 0 radical (unpaired) electrons. The number of amides is 1. The van der Waals surface area contributed by atoms with Crippen LogP contribution in [0.2, 0.25) is 5.02 Å². The Morgan fingerprint density at radius 2 is 1.96 bits per heavy atom. The number of carbonyl (C=O) groups is 1. The number of aromatic nitrogens is 3. The first-order valence-electron chi connectivity index (χ1n) is 9.23. The zero-order chi connectivity index (χ0) is 19.7. The lowest BCUT2D eigenvalue weighted by Crippen LogP contribution is -2.16. The van der Waals surface area contributed by atoms with E-state index in [4.69, 9.17) is 11.6 Å². The number of thioether (sulfide) groups is 1. The average molecular weight is 413 g/mol. The summed E-state index contributed by atoms with van der Waals surface area (Å²) in [7, 11) is 0. The van der Waals surface area contributed by atoms with Crippen LogP contribution in [0.5, 0.6) is 0 Å². The van der Waals surface area contributed by atoms with Gasteiger partial charge in [-0.1, -0.05) is 47.6 Å². The van der Waals surface area contributed by atoms with Crippen molar-refractivity contribution in [3.63, 3.8) is 0 Å². The van der Waals surface area contributed by atoms with Gasteiger partial charge in [-0.25, -0.2) is 0 Å². The van der Waals surface area contributed by atoms with Gasteiger partial charge >= 0.3 is 0 Å². The van der Waals surface area contributed by atoms with Gasteiger partial charge in [0.2, 0.25) is 5.91 Å². The first-order valence-corrected chi connectivity index (χ1v) is 10.6. The van der Waals surface area contributed by atoms with Crippen molar-refractivity contribution in [1.82, 2.24) is 14.8 Å². The van der Waals surface area contributed by atoms with E-state index in [1.807, 2.05) is 56.3 Å². The van der Waals surface area contributed by atoms with Crippen molar-refractivity contribution in [2.75, 3.05) is 11.1 Å². The summed E-state index contributed by atoms with van der Waals surface area (Å²) in [4.78, 5) is 12.5. The van der Waals surface area contributed by atoms with Gasteiger partial charge in [-0.2, -0.15) is 0 Å². The Kier molecular flexibility index (Phi) is 5.42. The molecular weight excluding hydrogens is 392 g/mol. The molecule has 3 aromatic rings. The van der Waals surface area contributed by atoms with Crippen LogP contribution in [0.3, 0.4) is 0 Å². The Hall–Kier alpha value is -2.31. The monoisotopic (exact) mass is 412 g/mol.